The molecule has 0 bridgehead atoms. The lowest BCUT2D eigenvalue weighted by Gasteiger charge is -2.15. The molecule has 1 fully saturated rings. The number of anilines is 1. The van der Waals surface area contributed by atoms with E-state index in [1.165, 1.54) is 0 Å². The van der Waals surface area contributed by atoms with Crippen molar-refractivity contribution in [1.29, 1.82) is 5.26 Å². The zero-order valence-electron chi connectivity index (χ0n) is 12.1. The van der Waals surface area contributed by atoms with Crippen molar-refractivity contribution in [3.05, 3.63) is 29.8 Å². The first-order chi connectivity index (χ1) is 10.1. The van der Waals surface area contributed by atoms with E-state index in [1.807, 2.05) is 6.07 Å². The van der Waals surface area contributed by atoms with Gasteiger partial charge in [-0.1, -0.05) is 13.3 Å². The minimum absolute atomic E-state index is 0.179. The fourth-order valence-corrected chi connectivity index (χ4v) is 2.11. The molecule has 0 aromatic heterocycles. The number of unbranched alkanes of at least 4 members (excludes halogenated alkanes) is 1. The molecule has 2 N–H and O–H groups in total. The molecule has 0 radical (unpaired) electrons. The van der Waals surface area contributed by atoms with Crippen LogP contribution in [0.4, 0.5) is 5.69 Å². The van der Waals surface area contributed by atoms with Gasteiger partial charge in [0.2, 0.25) is 11.8 Å². The average molecular weight is 285 g/mol. The predicted molar refractivity (Wildman–Crippen MR) is 79.4 cm³/mol. The number of rotatable bonds is 6. The van der Waals surface area contributed by atoms with Crippen LogP contribution in [0.5, 0.6) is 0 Å². The first-order valence-corrected chi connectivity index (χ1v) is 7.22. The van der Waals surface area contributed by atoms with Crippen LogP contribution < -0.4 is 10.6 Å². The molecule has 2 amide bonds. The number of amides is 2. The first kappa shape index (κ1) is 15.0. The molecule has 0 unspecified atom stereocenters. The lowest BCUT2D eigenvalue weighted by Crippen LogP contribution is -2.40. The normalized spacial score (nSPS) is 14.9. The van der Waals surface area contributed by atoms with E-state index in [4.69, 9.17) is 5.26 Å². The number of hydrogen-bond acceptors (Lipinski definition) is 3. The Balaban J connectivity index is 1.95. The van der Waals surface area contributed by atoms with Crippen LogP contribution in [0.15, 0.2) is 24.3 Å². The maximum Gasteiger partial charge on any atom is 0.240 e. The maximum atomic E-state index is 12.3. The van der Waals surface area contributed by atoms with Crippen LogP contribution in [0.1, 0.15) is 38.2 Å². The molecule has 1 aromatic rings. The van der Waals surface area contributed by atoms with Crippen molar-refractivity contribution in [2.24, 2.45) is 5.41 Å². The highest BCUT2D eigenvalue weighted by atomic mass is 16.2. The summed E-state index contributed by atoms with van der Waals surface area (Å²) in [6.45, 7) is 2.66. The van der Waals surface area contributed by atoms with Crippen molar-refractivity contribution >= 4 is 17.5 Å². The van der Waals surface area contributed by atoms with Gasteiger partial charge in [0.05, 0.1) is 11.6 Å². The molecule has 1 aromatic carbocycles. The molecule has 0 atom stereocenters. The monoisotopic (exact) mass is 285 g/mol. The minimum Gasteiger partial charge on any atom is -0.355 e. The number of nitrogens with zero attached hydrogens (tertiary/aromatic N) is 1. The van der Waals surface area contributed by atoms with Gasteiger partial charge >= 0.3 is 0 Å². The Morgan fingerprint density at radius 3 is 2.43 bits per heavy atom. The quantitative estimate of drug-likeness (QED) is 0.621. The van der Waals surface area contributed by atoms with E-state index in [9.17, 15) is 9.59 Å². The fraction of sp³-hybridized carbons (Fsp3) is 0.438. The molecule has 21 heavy (non-hydrogen) atoms. The van der Waals surface area contributed by atoms with Crippen molar-refractivity contribution in [2.45, 2.75) is 32.6 Å². The third-order valence-corrected chi connectivity index (χ3v) is 3.71. The second kappa shape index (κ2) is 6.40. The van der Waals surface area contributed by atoms with Crippen LogP contribution in [0.25, 0.3) is 0 Å². The summed E-state index contributed by atoms with van der Waals surface area (Å²) in [5.74, 6) is -0.441. The Morgan fingerprint density at radius 2 is 1.90 bits per heavy atom. The van der Waals surface area contributed by atoms with Crippen molar-refractivity contribution in [3.63, 3.8) is 0 Å². The van der Waals surface area contributed by atoms with Crippen molar-refractivity contribution in [3.8, 4) is 6.07 Å². The van der Waals surface area contributed by atoms with Crippen LogP contribution in [0, 0.1) is 16.7 Å². The molecule has 0 spiro atoms. The summed E-state index contributed by atoms with van der Waals surface area (Å²) in [7, 11) is 0. The zero-order chi connectivity index (χ0) is 15.3. The summed E-state index contributed by atoms with van der Waals surface area (Å²) in [5.41, 5.74) is 0.236. The number of nitrogens with one attached hydrogen (secondary N) is 2. The third-order valence-electron chi connectivity index (χ3n) is 3.71. The first-order valence-electron chi connectivity index (χ1n) is 7.22. The van der Waals surface area contributed by atoms with Gasteiger partial charge in [-0.3, -0.25) is 9.59 Å². The van der Waals surface area contributed by atoms with Gasteiger partial charge in [0.15, 0.2) is 0 Å². The second-order valence-corrected chi connectivity index (χ2v) is 5.33. The minimum atomic E-state index is -0.901. The summed E-state index contributed by atoms with van der Waals surface area (Å²) >= 11 is 0. The third kappa shape index (κ3) is 3.40. The molecule has 0 saturated heterocycles. The molecule has 0 heterocycles. The molecule has 0 aliphatic heterocycles. The van der Waals surface area contributed by atoms with Gasteiger partial charge < -0.3 is 10.6 Å². The predicted octanol–water partition coefficient (Wildman–Crippen LogP) is 2.19. The van der Waals surface area contributed by atoms with E-state index in [0.29, 0.717) is 30.6 Å². The molecule has 2 rings (SSSR count). The molecule has 1 aliphatic carbocycles. The highest BCUT2D eigenvalue weighted by Gasteiger charge is 2.56. The average Bonchev–Trinajstić information content (AvgIpc) is 3.30. The molecule has 1 saturated carbocycles. The van der Waals surface area contributed by atoms with E-state index < -0.39 is 5.41 Å². The standard InChI is InChI=1S/C16H19N3O2/c1-2-3-10-18-14(20)16(8-9-16)15(21)19-13-6-4-12(11-17)5-7-13/h4-7H,2-3,8-10H2,1H3,(H,18,20)(H,19,21). The molecule has 1 aliphatic rings. The second-order valence-electron chi connectivity index (χ2n) is 5.33. The Hall–Kier alpha value is -2.35. The summed E-state index contributed by atoms with van der Waals surface area (Å²) in [5, 5.41) is 14.3. The SMILES string of the molecule is CCCCNC(=O)C1(C(=O)Nc2ccc(C#N)cc2)CC1. The lowest BCUT2D eigenvalue weighted by atomic mass is 10.0. The van der Waals surface area contributed by atoms with E-state index >= 15 is 0 Å². The van der Waals surface area contributed by atoms with E-state index in [-0.39, 0.29) is 11.8 Å². The largest absolute Gasteiger partial charge is 0.355 e. The van der Waals surface area contributed by atoms with Gasteiger partial charge in [-0.2, -0.15) is 5.26 Å². The lowest BCUT2D eigenvalue weighted by molar-refractivity contribution is -0.134. The topological polar surface area (TPSA) is 82.0 Å². The maximum absolute atomic E-state index is 12.3. The summed E-state index contributed by atoms with van der Waals surface area (Å²) in [6, 6.07) is 8.63. The Kier molecular flexibility index (Phi) is 4.59. The van der Waals surface area contributed by atoms with Gasteiger partial charge in [0.25, 0.3) is 0 Å². The Labute approximate surface area is 124 Å². The zero-order valence-corrected chi connectivity index (χ0v) is 12.1. The van der Waals surface area contributed by atoms with Gasteiger partial charge in [-0.05, 0) is 43.5 Å². The molecule has 5 heteroatoms. The van der Waals surface area contributed by atoms with E-state index in [2.05, 4.69) is 17.6 Å². The van der Waals surface area contributed by atoms with Gasteiger partial charge in [-0.15, -0.1) is 0 Å². The highest BCUT2D eigenvalue weighted by molar-refractivity contribution is 6.13. The van der Waals surface area contributed by atoms with Crippen LogP contribution in [-0.2, 0) is 9.59 Å². The van der Waals surface area contributed by atoms with Crippen molar-refractivity contribution in [2.75, 3.05) is 11.9 Å². The Bertz CT molecular complexity index is 568. The van der Waals surface area contributed by atoms with Crippen molar-refractivity contribution < 1.29 is 9.59 Å². The van der Waals surface area contributed by atoms with Crippen molar-refractivity contribution in [1.82, 2.24) is 5.32 Å². The molecule has 110 valence electrons. The summed E-state index contributed by atoms with van der Waals surface area (Å²) in [6.07, 6.45) is 3.10. The van der Waals surface area contributed by atoms with Crippen LogP contribution in [0.2, 0.25) is 0 Å². The smallest absolute Gasteiger partial charge is 0.240 e. The fourth-order valence-electron chi connectivity index (χ4n) is 2.11. The van der Waals surface area contributed by atoms with Gasteiger partial charge in [0.1, 0.15) is 5.41 Å². The number of carbonyl (C=O) groups is 2. The molecular weight excluding hydrogens is 266 g/mol. The van der Waals surface area contributed by atoms with Crippen LogP contribution in [0.3, 0.4) is 0 Å². The summed E-state index contributed by atoms with van der Waals surface area (Å²) < 4.78 is 0. The van der Waals surface area contributed by atoms with Gasteiger partial charge in [0, 0.05) is 12.2 Å². The van der Waals surface area contributed by atoms with Gasteiger partial charge in [-0.25, -0.2) is 0 Å². The van der Waals surface area contributed by atoms with E-state index in [0.717, 1.165) is 12.8 Å². The van der Waals surface area contributed by atoms with Crippen LogP contribution >= 0.6 is 0 Å². The van der Waals surface area contributed by atoms with E-state index in [1.54, 1.807) is 24.3 Å². The number of benzene rings is 1. The molecule has 5 nitrogen and oxygen atoms in total. The Morgan fingerprint density at radius 1 is 1.24 bits per heavy atom. The molecular formula is C16H19N3O2. The highest BCUT2D eigenvalue weighted by Crippen LogP contribution is 2.46. The number of nitriles is 1. The van der Waals surface area contributed by atoms with Crippen LogP contribution in [-0.4, -0.2) is 18.4 Å². The number of hydrogen-bond donors (Lipinski definition) is 2. The summed E-state index contributed by atoms with van der Waals surface area (Å²) in [4.78, 5) is 24.4. The number of carbonyl (C=O) groups excluding carboxylic acids is 2.